The molecular formula is C25H35O5P. The summed E-state index contributed by atoms with van der Waals surface area (Å²) in [5.74, 6) is -0.262. The Kier molecular flexibility index (Phi) is 9.20. The molecule has 170 valence electrons. The zero-order chi connectivity index (χ0) is 23.0. The number of benzene rings is 2. The number of Topliss-reactive ketones (excluding diaryl/α,β-unsaturated/α-hetero) is 1. The normalized spacial score (nSPS) is 14.2. The second kappa shape index (κ2) is 11.2. The zero-order valence-corrected chi connectivity index (χ0v) is 19.7. The van der Waals surface area contributed by atoms with Gasteiger partial charge >= 0.3 is 7.60 Å². The van der Waals surface area contributed by atoms with Crippen molar-refractivity contribution in [3.05, 3.63) is 71.8 Å². The molecule has 0 saturated carbocycles. The van der Waals surface area contributed by atoms with Gasteiger partial charge in [-0.15, -0.1) is 0 Å². The molecule has 0 aliphatic heterocycles. The van der Waals surface area contributed by atoms with Crippen LogP contribution in [0.2, 0.25) is 0 Å². The van der Waals surface area contributed by atoms with Crippen LogP contribution in [0.4, 0.5) is 0 Å². The van der Waals surface area contributed by atoms with Crippen LogP contribution in [0.25, 0.3) is 0 Å². The van der Waals surface area contributed by atoms with Crippen molar-refractivity contribution >= 4 is 13.4 Å². The van der Waals surface area contributed by atoms with Gasteiger partial charge in [0.15, 0.2) is 11.4 Å². The number of hydrogen-bond acceptors (Lipinski definition) is 3. The summed E-state index contributed by atoms with van der Waals surface area (Å²) in [6.07, 6.45) is 3.74. The molecule has 0 bridgehead atoms. The molecule has 1 unspecified atom stereocenters. The molecule has 1 atom stereocenters. The predicted octanol–water partition coefficient (Wildman–Crippen LogP) is 5.96. The van der Waals surface area contributed by atoms with E-state index >= 15 is 0 Å². The molecular weight excluding hydrogens is 411 g/mol. The van der Waals surface area contributed by atoms with Crippen molar-refractivity contribution in [2.24, 2.45) is 5.41 Å². The van der Waals surface area contributed by atoms with Crippen molar-refractivity contribution in [1.29, 1.82) is 0 Å². The van der Waals surface area contributed by atoms with E-state index in [4.69, 9.17) is 4.74 Å². The Hall–Kier alpha value is -1.78. The number of carbonyl (C=O) groups is 1. The SMILES string of the molecule is CCCCC(CCCC)(CP(=O)(O)O)C(OC)(C(=O)c1ccccc1)c1ccccc1. The van der Waals surface area contributed by atoms with Crippen molar-refractivity contribution in [3.8, 4) is 0 Å². The quantitative estimate of drug-likeness (QED) is 0.293. The lowest BCUT2D eigenvalue weighted by atomic mass is 9.61. The largest absolute Gasteiger partial charge is 0.365 e. The van der Waals surface area contributed by atoms with Gasteiger partial charge in [-0.25, -0.2) is 0 Å². The average molecular weight is 447 g/mol. The monoisotopic (exact) mass is 446 g/mol. The van der Waals surface area contributed by atoms with Crippen molar-refractivity contribution in [2.75, 3.05) is 13.3 Å². The van der Waals surface area contributed by atoms with Crippen molar-refractivity contribution in [1.82, 2.24) is 0 Å². The van der Waals surface area contributed by atoms with Crippen LogP contribution in [0, 0.1) is 5.41 Å². The lowest BCUT2D eigenvalue weighted by molar-refractivity contribution is -0.0915. The fourth-order valence-electron chi connectivity index (χ4n) is 4.74. The van der Waals surface area contributed by atoms with Crippen LogP contribution < -0.4 is 0 Å². The second-order valence-electron chi connectivity index (χ2n) is 8.26. The highest BCUT2D eigenvalue weighted by Crippen LogP contribution is 2.58. The van der Waals surface area contributed by atoms with E-state index in [0.717, 1.165) is 25.7 Å². The van der Waals surface area contributed by atoms with Gasteiger partial charge in [-0.2, -0.15) is 0 Å². The number of carbonyl (C=O) groups excluding carboxylic acids is 1. The first-order valence-electron chi connectivity index (χ1n) is 11.0. The molecule has 2 rings (SSSR count). The summed E-state index contributed by atoms with van der Waals surface area (Å²) in [4.78, 5) is 34.5. The fourth-order valence-corrected chi connectivity index (χ4v) is 6.07. The molecule has 0 amide bonds. The van der Waals surface area contributed by atoms with E-state index < -0.39 is 24.8 Å². The first-order valence-corrected chi connectivity index (χ1v) is 12.8. The van der Waals surface area contributed by atoms with E-state index in [1.54, 1.807) is 24.3 Å². The minimum Gasteiger partial charge on any atom is -0.365 e. The van der Waals surface area contributed by atoms with Gasteiger partial charge in [-0.05, 0) is 18.4 Å². The summed E-state index contributed by atoms with van der Waals surface area (Å²) in [5.41, 5.74) is -1.47. The highest BCUT2D eigenvalue weighted by Gasteiger charge is 2.59. The molecule has 0 heterocycles. The summed E-state index contributed by atoms with van der Waals surface area (Å²) < 4.78 is 18.6. The molecule has 0 aromatic heterocycles. The number of ketones is 1. The third-order valence-corrected chi connectivity index (χ3v) is 7.13. The van der Waals surface area contributed by atoms with Gasteiger partial charge in [-0.1, -0.05) is 100 Å². The van der Waals surface area contributed by atoms with Gasteiger partial charge in [0.1, 0.15) is 0 Å². The van der Waals surface area contributed by atoms with Gasteiger partial charge in [0.25, 0.3) is 0 Å². The maximum atomic E-state index is 14.2. The highest BCUT2D eigenvalue weighted by atomic mass is 31.2. The Morgan fingerprint density at radius 1 is 0.903 bits per heavy atom. The molecule has 0 radical (unpaired) electrons. The van der Waals surface area contributed by atoms with E-state index in [1.807, 2.05) is 50.2 Å². The highest BCUT2D eigenvalue weighted by molar-refractivity contribution is 7.51. The maximum absolute atomic E-state index is 14.2. The minimum absolute atomic E-state index is 0.262. The van der Waals surface area contributed by atoms with Crippen LogP contribution in [0.1, 0.15) is 68.3 Å². The number of rotatable bonds is 13. The van der Waals surface area contributed by atoms with Crippen molar-refractivity contribution in [3.63, 3.8) is 0 Å². The van der Waals surface area contributed by atoms with E-state index in [-0.39, 0.29) is 5.78 Å². The molecule has 6 heteroatoms. The van der Waals surface area contributed by atoms with Crippen LogP contribution in [0.3, 0.4) is 0 Å². The summed E-state index contributed by atoms with van der Waals surface area (Å²) in [6.45, 7) is 4.08. The summed E-state index contributed by atoms with van der Waals surface area (Å²) in [5, 5.41) is 0. The molecule has 0 fully saturated rings. The van der Waals surface area contributed by atoms with Crippen LogP contribution >= 0.6 is 7.60 Å². The summed E-state index contributed by atoms with van der Waals surface area (Å²) in [7, 11) is -2.97. The van der Waals surface area contributed by atoms with E-state index in [2.05, 4.69) is 0 Å². The Balaban J connectivity index is 2.87. The van der Waals surface area contributed by atoms with E-state index in [1.165, 1.54) is 7.11 Å². The molecule has 2 aromatic rings. The zero-order valence-electron chi connectivity index (χ0n) is 18.8. The smallest absolute Gasteiger partial charge is 0.326 e. The molecule has 5 nitrogen and oxygen atoms in total. The fraction of sp³-hybridized carbons (Fsp3) is 0.480. The Morgan fingerprint density at radius 3 is 1.81 bits per heavy atom. The maximum Gasteiger partial charge on any atom is 0.326 e. The molecule has 2 aromatic carbocycles. The Labute approximate surface area is 186 Å². The van der Waals surface area contributed by atoms with Crippen molar-refractivity contribution in [2.45, 2.75) is 58.0 Å². The minimum atomic E-state index is -4.46. The predicted molar refractivity (Wildman–Crippen MR) is 124 cm³/mol. The molecule has 0 spiro atoms. The number of ether oxygens (including phenoxy) is 1. The molecule has 31 heavy (non-hydrogen) atoms. The molecule has 0 aliphatic rings. The average Bonchev–Trinajstić information content (AvgIpc) is 2.77. The van der Waals surface area contributed by atoms with Gasteiger partial charge in [-0.3, -0.25) is 9.36 Å². The van der Waals surface area contributed by atoms with Crippen LogP contribution in [0.15, 0.2) is 60.7 Å². The molecule has 0 aliphatic carbocycles. The van der Waals surface area contributed by atoms with Gasteiger partial charge in [0.05, 0.1) is 6.16 Å². The lowest BCUT2D eigenvalue weighted by Crippen LogP contribution is -2.55. The first-order chi connectivity index (χ1) is 14.8. The van der Waals surface area contributed by atoms with E-state index in [0.29, 0.717) is 24.0 Å². The van der Waals surface area contributed by atoms with Crippen LogP contribution in [-0.2, 0) is 14.9 Å². The summed E-state index contributed by atoms with van der Waals surface area (Å²) >= 11 is 0. The first kappa shape index (κ1) is 25.5. The van der Waals surface area contributed by atoms with Gasteiger partial charge < -0.3 is 14.5 Å². The second-order valence-corrected chi connectivity index (χ2v) is 9.90. The van der Waals surface area contributed by atoms with Gasteiger partial charge in [0.2, 0.25) is 0 Å². The lowest BCUT2D eigenvalue weighted by Gasteiger charge is -2.49. The van der Waals surface area contributed by atoms with Crippen LogP contribution in [0.5, 0.6) is 0 Å². The Morgan fingerprint density at radius 2 is 1.39 bits per heavy atom. The number of methoxy groups -OCH3 is 1. The number of hydrogen-bond donors (Lipinski definition) is 2. The molecule has 0 saturated heterocycles. The van der Waals surface area contributed by atoms with E-state index in [9.17, 15) is 19.1 Å². The van der Waals surface area contributed by atoms with Crippen molar-refractivity contribution < 1.29 is 23.9 Å². The van der Waals surface area contributed by atoms with Crippen LogP contribution in [-0.4, -0.2) is 28.8 Å². The summed E-state index contributed by atoms with van der Waals surface area (Å²) in [6, 6.07) is 18.1. The number of unbranched alkanes of at least 4 members (excludes halogenated alkanes) is 2. The standard InChI is InChI=1S/C25H35O5P/c1-4-6-18-24(19-7-5-2,20-31(27,28)29)25(30-3,22-16-12-9-13-17-22)23(26)21-14-10-8-11-15-21/h8-17H,4-7,18-20H2,1-3H3,(H2,27,28,29). The van der Waals surface area contributed by atoms with Gasteiger partial charge in [0, 0.05) is 18.1 Å². The third-order valence-electron chi connectivity index (χ3n) is 6.12. The Bertz CT molecular complexity index is 854. The third kappa shape index (κ3) is 5.72. The molecule has 2 N–H and O–H groups in total. The topological polar surface area (TPSA) is 83.8 Å².